The van der Waals surface area contributed by atoms with Gasteiger partial charge in [-0.1, -0.05) is 40.6 Å². The summed E-state index contributed by atoms with van der Waals surface area (Å²) >= 11 is 0. The molecule has 7 nitrogen and oxygen atoms in total. The Morgan fingerprint density at radius 2 is 2.07 bits per heavy atom. The molecule has 0 bridgehead atoms. The molecular weight excluding hydrogens is 406 g/mol. The molecule has 2 aromatic heterocycles. The number of benzene rings is 1. The predicted octanol–water partition coefficient (Wildman–Crippen LogP) is 4.43. The molecule has 0 radical (unpaired) electrons. The van der Waals surface area contributed by atoms with Crippen molar-refractivity contribution in [3.05, 3.63) is 48.4 Å². The third-order valence-electron chi connectivity index (χ3n) is 3.85. The highest BCUT2D eigenvalue weighted by Gasteiger charge is 2.08. The van der Waals surface area contributed by atoms with E-state index in [1.54, 1.807) is 27.8 Å². The second-order valence-corrected chi connectivity index (χ2v) is 8.98. The lowest BCUT2D eigenvalue weighted by Crippen LogP contribution is -2.18. The standard InChI is InChI=1S/C20H23N5O2S2/c1-3-28-29-8-7-27-19(26)12-22-18-10-16-17(11-21-18)23-13-24-20(16)25-15-6-4-5-14(2)9-15/h4-6,9-11,13H,3,7-8,12H2,1-2H3,(H,21,22)(H,23,24,25). The first kappa shape index (κ1) is 21.2. The van der Waals surface area contributed by atoms with Gasteiger partial charge in [-0.3, -0.25) is 4.79 Å². The van der Waals surface area contributed by atoms with E-state index in [-0.39, 0.29) is 12.5 Å². The highest BCUT2D eigenvalue weighted by molar-refractivity contribution is 8.76. The highest BCUT2D eigenvalue weighted by Crippen LogP contribution is 2.25. The summed E-state index contributed by atoms with van der Waals surface area (Å²) in [5.41, 5.74) is 2.82. The molecule has 2 heterocycles. The van der Waals surface area contributed by atoms with Crippen LogP contribution in [-0.2, 0) is 9.53 Å². The first-order chi connectivity index (χ1) is 14.2. The molecule has 9 heteroatoms. The van der Waals surface area contributed by atoms with Crippen molar-refractivity contribution in [3.8, 4) is 0 Å². The number of ether oxygens (including phenoxy) is 1. The number of fused-ring (bicyclic) bond motifs is 1. The fourth-order valence-electron chi connectivity index (χ4n) is 2.56. The van der Waals surface area contributed by atoms with Gasteiger partial charge in [0.2, 0.25) is 0 Å². The van der Waals surface area contributed by atoms with Gasteiger partial charge < -0.3 is 15.4 Å². The molecule has 0 amide bonds. The van der Waals surface area contributed by atoms with Gasteiger partial charge in [0, 0.05) is 22.6 Å². The first-order valence-corrected chi connectivity index (χ1v) is 11.7. The van der Waals surface area contributed by atoms with Gasteiger partial charge >= 0.3 is 5.97 Å². The first-order valence-electron chi connectivity index (χ1n) is 9.24. The molecule has 1 aromatic carbocycles. The second-order valence-electron chi connectivity index (χ2n) is 6.11. The van der Waals surface area contributed by atoms with Gasteiger partial charge in [0.25, 0.3) is 0 Å². The van der Waals surface area contributed by atoms with Crippen molar-refractivity contribution in [1.82, 2.24) is 15.0 Å². The number of aromatic nitrogens is 3. The van der Waals surface area contributed by atoms with Crippen molar-refractivity contribution in [1.29, 1.82) is 0 Å². The number of carbonyl (C=O) groups is 1. The Kier molecular flexibility index (Phi) is 7.94. The number of nitrogens with one attached hydrogen (secondary N) is 2. The van der Waals surface area contributed by atoms with Crippen LogP contribution in [-0.4, -0.2) is 45.6 Å². The fourth-order valence-corrected chi connectivity index (χ4v) is 4.05. The van der Waals surface area contributed by atoms with Crippen LogP contribution in [0.4, 0.5) is 17.3 Å². The van der Waals surface area contributed by atoms with E-state index in [1.165, 1.54) is 6.33 Å². The fraction of sp³-hybridized carbons (Fsp3) is 0.300. The average molecular weight is 430 g/mol. The summed E-state index contributed by atoms with van der Waals surface area (Å²) in [6, 6.07) is 9.88. The van der Waals surface area contributed by atoms with E-state index in [2.05, 4.69) is 32.5 Å². The SMILES string of the molecule is CCSSCCOC(=O)CNc1cc2c(Nc3cccc(C)c3)ncnc2cn1. The molecule has 2 N–H and O–H groups in total. The lowest BCUT2D eigenvalue weighted by molar-refractivity contribution is -0.140. The third-order valence-corrected chi connectivity index (χ3v) is 6.29. The van der Waals surface area contributed by atoms with Crippen molar-refractivity contribution in [3.63, 3.8) is 0 Å². The van der Waals surface area contributed by atoms with Crippen LogP contribution in [0.3, 0.4) is 0 Å². The van der Waals surface area contributed by atoms with Crippen molar-refractivity contribution in [2.45, 2.75) is 13.8 Å². The van der Waals surface area contributed by atoms with Crippen molar-refractivity contribution in [2.24, 2.45) is 0 Å². The maximum Gasteiger partial charge on any atom is 0.325 e. The van der Waals surface area contributed by atoms with Crippen LogP contribution in [0.5, 0.6) is 0 Å². The summed E-state index contributed by atoms with van der Waals surface area (Å²) in [6.07, 6.45) is 3.16. The van der Waals surface area contributed by atoms with Crippen molar-refractivity contribution in [2.75, 3.05) is 35.3 Å². The number of pyridine rings is 1. The Labute approximate surface area is 177 Å². The molecule has 0 aliphatic carbocycles. The molecule has 3 rings (SSSR count). The van der Waals surface area contributed by atoms with Gasteiger partial charge in [0.05, 0.1) is 11.7 Å². The third kappa shape index (κ3) is 6.50. The largest absolute Gasteiger partial charge is 0.463 e. The van der Waals surface area contributed by atoms with Gasteiger partial charge in [-0.25, -0.2) is 15.0 Å². The summed E-state index contributed by atoms with van der Waals surface area (Å²) in [6.45, 7) is 4.59. The zero-order valence-electron chi connectivity index (χ0n) is 16.3. The van der Waals surface area contributed by atoms with Crippen LogP contribution in [0.1, 0.15) is 12.5 Å². The average Bonchev–Trinajstić information content (AvgIpc) is 2.72. The number of carbonyl (C=O) groups excluding carboxylic acids is 1. The number of anilines is 3. The number of hydrogen-bond donors (Lipinski definition) is 2. The second kappa shape index (κ2) is 10.9. The topological polar surface area (TPSA) is 89.0 Å². The number of aryl methyl sites for hydroxylation is 1. The van der Waals surface area contributed by atoms with Crippen molar-refractivity contribution < 1.29 is 9.53 Å². The summed E-state index contributed by atoms with van der Waals surface area (Å²) in [7, 11) is 3.46. The molecule has 0 unspecified atom stereocenters. The maximum absolute atomic E-state index is 11.9. The number of nitrogens with zero attached hydrogens (tertiary/aromatic N) is 3. The van der Waals surface area contributed by atoms with Crippen LogP contribution < -0.4 is 10.6 Å². The molecule has 152 valence electrons. The van der Waals surface area contributed by atoms with Gasteiger partial charge in [-0.15, -0.1) is 0 Å². The number of hydrogen-bond acceptors (Lipinski definition) is 9. The van der Waals surface area contributed by atoms with Crippen LogP contribution in [0.15, 0.2) is 42.9 Å². The van der Waals surface area contributed by atoms with Gasteiger partial charge in [-0.05, 0) is 30.7 Å². The molecule has 0 aliphatic rings. The molecule has 0 saturated heterocycles. The van der Waals surface area contributed by atoms with Crippen LogP contribution in [0.2, 0.25) is 0 Å². The monoisotopic (exact) mass is 429 g/mol. The molecule has 0 spiro atoms. The lowest BCUT2D eigenvalue weighted by Gasteiger charge is -2.11. The maximum atomic E-state index is 11.9. The zero-order chi connectivity index (χ0) is 20.5. The lowest BCUT2D eigenvalue weighted by atomic mass is 10.2. The van der Waals surface area contributed by atoms with E-state index in [4.69, 9.17) is 4.74 Å². The zero-order valence-corrected chi connectivity index (χ0v) is 18.0. The number of esters is 1. The molecule has 0 atom stereocenters. The molecule has 29 heavy (non-hydrogen) atoms. The van der Waals surface area contributed by atoms with E-state index in [9.17, 15) is 4.79 Å². The van der Waals surface area contributed by atoms with Crippen LogP contribution >= 0.6 is 21.6 Å². The van der Waals surface area contributed by atoms with E-state index < -0.39 is 0 Å². The summed E-state index contributed by atoms with van der Waals surface area (Å²) in [5, 5.41) is 7.14. The van der Waals surface area contributed by atoms with Crippen LogP contribution in [0.25, 0.3) is 10.9 Å². The molecule has 0 fully saturated rings. The Hall–Kier alpha value is -2.52. The van der Waals surface area contributed by atoms with Gasteiger partial charge in [0.15, 0.2) is 0 Å². The minimum absolute atomic E-state index is 0.0540. The van der Waals surface area contributed by atoms with Gasteiger partial charge in [0.1, 0.15) is 31.1 Å². The Morgan fingerprint density at radius 3 is 2.90 bits per heavy atom. The molecule has 0 saturated carbocycles. The predicted molar refractivity (Wildman–Crippen MR) is 122 cm³/mol. The van der Waals surface area contributed by atoms with E-state index in [0.29, 0.717) is 23.8 Å². The van der Waals surface area contributed by atoms with Gasteiger partial charge in [-0.2, -0.15) is 0 Å². The highest BCUT2D eigenvalue weighted by atomic mass is 33.1. The normalized spacial score (nSPS) is 10.7. The smallest absolute Gasteiger partial charge is 0.325 e. The number of rotatable bonds is 10. The Bertz CT molecular complexity index is 971. The Morgan fingerprint density at radius 1 is 1.17 bits per heavy atom. The quantitative estimate of drug-likeness (QED) is 0.276. The van der Waals surface area contributed by atoms with E-state index >= 15 is 0 Å². The Balaban J connectivity index is 1.63. The summed E-state index contributed by atoms with van der Waals surface area (Å²) in [4.78, 5) is 24.8. The van der Waals surface area contributed by atoms with E-state index in [0.717, 1.165) is 28.1 Å². The molecular formula is C20H23N5O2S2. The summed E-state index contributed by atoms with van der Waals surface area (Å²) < 4.78 is 5.21. The minimum Gasteiger partial charge on any atom is -0.463 e. The summed E-state index contributed by atoms with van der Waals surface area (Å²) in [5.74, 6) is 2.75. The molecule has 3 aromatic rings. The molecule has 0 aliphatic heterocycles. The van der Waals surface area contributed by atoms with Crippen molar-refractivity contribution >= 4 is 55.8 Å². The van der Waals surface area contributed by atoms with Crippen LogP contribution in [0, 0.1) is 6.92 Å². The minimum atomic E-state index is -0.309. The van der Waals surface area contributed by atoms with E-state index in [1.807, 2.05) is 37.3 Å².